The summed E-state index contributed by atoms with van der Waals surface area (Å²) < 4.78 is 5.73. The van der Waals surface area contributed by atoms with Gasteiger partial charge in [-0.2, -0.15) is 0 Å². The van der Waals surface area contributed by atoms with E-state index >= 15 is 0 Å². The fourth-order valence-corrected chi connectivity index (χ4v) is 4.11. The van der Waals surface area contributed by atoms with Crippen molar-refractivity contribution in [2.75, 3.05) is 45.8 Å². The van der Waals surface area contributed by atoms with Crippen molar-refractivity contribution in [3.05, 3.63) is 11.1 Å². The molecule has 6 nitrogen and oxygen atoms in total. The molecule has 0 aromatic carbocycles. The Morgan fingerprint density at radius 1 is 1.19 bits per heavy atom. The Morgan fingerprint density at radius 3 is 2.44 bits per heavy atom. The molecule has 0 aromatic heterocycles. The molecule has 27 heavy (non-hydrogen) atoms. The number of unbranched alkanes of at least 4 members (excludes halogenated alkanes) is 1. The first-order valence-corrected chi connectivity index (χ1v) is 10.6. The molecule has 1 N–H and O–H groups in total. The van der Waals surface area contributed by atoms with Crippen LogP contribution in [0.25, 0.3) is 0 Å². The summed E-state index contributed by atoms with van der Waals surface area (Å²) in [7, 11) is 0. The molecular weight excluding hydrogens is 342 g/mol. The molecule has 0 aliphatic carbocycles. The third kappa shape index (κ3) is 5.32. The van der Waals surface area contributed by atoms with Crippen molar-refractivity contribution in [1.29, 1.82) is 0 Å². The van der Waals surface area contributed by atoms with Crippen LogP contribution in [-0.4, -0.2) is 73.1 Å². The number of ether oxygens (including phenoxy) is 1. The van der Waals surface area contributed by atoms with Gasteiger partial charge in [-0.05, 0) is 45.9 Å². The SMILES string of the molecule is CCCCN(CC)CCCNC(=O)C1=C(C)C(=O)OC12CCN(CC)CC2. The number of esters is 1. The average Bonchev–Trinajstić information content (AvgIpc) is 2.91. The summed E-state index contributed by atoms with van der Waals surface area (Å²) in [6.45, 7) is 14.7. The van der Waals surface area contributed by atoms with E-state index in [4.69, 9.17) is 4.74 Å². The smallest absolute Gasteiger partial charge is 0.335 e. The molecular formula is C21H37N3O3. The summed E-state index contributed by atoms with van der Waals surface area (Å²) in [5.74, 6) is -0.457. The number of piperidine rings is 1. The molecule has 1 spiro atoms. The Labute approximate surface area is 164 Å². The third-order valence-corrected chi connectivity index (χ3v) is 5.97. The van der Waals surface area contributed by atoms with E-state index in [0.717, 1.165) is 45.7 Å². The van der Waals surface area contributed by atoms with Crippen LogP contribution >= 0.6 is 0 Å². The first kappa shape index (κ1) is 21.9. The molecule has 6 heteroatoms. The Hall–Kier alpha value is -1.40. The number of hydrogen-bond acceptors (Lipinski definition) is 5. The van der Waals surface area contributed by atoms with Crippen molar-refractivity contribution in [3.8, 4) is 0 Å². The lowest BCUT2D eigenvalue weighted by Gasteiger charge is -2.39. The zero-order valence-electron chi connectivity index (χ0n) is 17.6. The van der Waals surface area contributed by atoms with Gasteiger partial charge in [-0.15, -0.1) is 0 Å². The second kappa shape index (κ2) is 10.2. The molecule has 1 amide bonds. The normalized spacial score (nSPS) is 19.8. The van der Waals surface area contributed by atoms with E-state index in [1.807, 2.05) is 0 Å². The van der Waals surface area contributed by atoms with Crippen molar-refractivity contribution in [3.63, 3.8) is 0 Å². The summed E-state index contributed by atoms with van der Waals surface area (Å²) in [6.07, 6.45) is 4.73. The second-order valence-electron chi connectivity index (χ2n) is 7.72. The largest absolute Gasteiger partial charge is 0.450 e. The molecule has 0 unspecified atom stereocenters. The van der Waals surface area contributed by atoms with E-state index in [-0.39, 0.29) is 11.9 Å². The van der Waals surface area contributed by atoms with Gasteiger partial charge >= 0.3 is 5.97 Å². The molecule has 0 saturated carbocycles. The van der Waals surface area contributed by atoms with Gasteiger partial charge in [0.05, 0.1) is 5.57 Å². The highest BCUT2D eigenvalue weighted by atomic mass is 16.6. The highest BCUT2D eigenvalue weighted by Crippen LogP contribution is 2.40. The van der Waals surface area contributed by atoms with E-state index < -0.39 is 5.60 Å². The van der Waals surface area contributed by atoms with Gasteiger partial charge in [0, 0.05) is 38.0 Å². The van der Waals surface area contributed by atoms with Gasteiger partial charge in [0.15, 0.2) is 0 Å². The number of nitrogens with one attached hydrogen (secondary N) is 1. The molecule has 0 atom stereocenters. The van der Waals surface area contributed by atoms with Gasteiger partial charge in [-0.25, -0.2) is 4.79 Å². The molecule has 2 heterocycles. The predicted octanol–water partition coefficient (Wildman–Crippen LogP) is 2.34. The number of amides is 1. The van der Waals surface area contributed by atoms with E-state index in [2.05, 4.69) is 35.9 Å². The maximum Gasteiger partial charge on any atom is 0.335 e. The molecule has 1 saturated heterocycles. The summed E-state index contributed by atoms with van der Waals surface area (Å²) in [6, 6.07) is 0. The second-order valence-corrected chi connectivity index (χ2v) is 7.72. The average molecular weight is 380 g/mol. The van der Waals surface area contributed by atoms with Crippen LogP contribution in [0, 0.1) is 0 Å². The Balaban J connectivity index is 1.90. The van der Waals surface area contributed by atoms with Crippen molar-refractivity contribution in [2.24, 2.45) is 0 Å². The number of carbonyl (C=O) groups is 2. The van der Waals surface area contributed by atoms with E-state index in [9.17, 15) is 9.59 Å². The number of hydrogen-bond donors (Lipinski definition) is 1. The fourth-order valence-electron chi connectivity index (χ4n) is 4.11. The lowest BCUT2D eigenvalue weighted by Crippen LogP contribution is -2.48. The minimum Gasteiger partial charge on any atom is -0.450 e. The first-order valence-electron chi connectivity index (χ1n) is 10.6. The predicted molar refractivity (Wildman–Crippen MR) is 108 cm³/mol. The lowest BCUT2D eigenvalue weighted by atomic mass is 9.82. The maximum atomic E-state index is 12.9. The number of likely N-dealkylation sites (tertiary alicyclic amines) is 1. The van der Waals surface area contributed by atoms with E-state index in [0.29, 0.717) is 30.5 Å². The van der Waals surface area contributed by atoms with Crippen LogP contribution in [0.2, 0.25) is 0 Å². The first-order chi connectivity index (χ1) is 13.0. The molecule has 0 bridgehead atoms. The van der Waals surface area contributed by atoms with Crippen molar-refractivity contribution >= 4 is 11.9 Å². The van der Waals surface area contributed by atoms with Gasteiger partial charge in [0.25, 0.3) is 5.91 Å². The van der Waals surface area contributed by atoms with E-state index in [1.54, 1.807) is 6.92 Å². The molecule has 154 valence electrons. The molecule has 0 radical (unpaired) electrons. The molecule has 2 aliphatic heterocycles. The Morgan fingerprint density at radius 2 is 1.85 bits per heavy atom. The third-order valence-electron chi connectivity index (χ3n) is 5.97. The Bertz CT molecular complexity index is 551. The number of nitrogens with zero attached hydrogens (tertiary/aromatic N) is 2. The van der Waals surface area contributed by atoms with Crippen LogP contribution in [-0.2, 0) is 14.3 Å². The van der Waals surface area contributed by atoms with Gasteiger partial charge < -0.3 is 19.9 Å². The van der Waals surface area contributed by atoms with Gasteiger partial charge in [0.1, 0.15) is 5.60 Å². The van der Waals surface area contributed by atoms with Crippen LogP contribution in [0.3, 0.4) is 0 Å². The zero-order valence-corrected chi connectivity index (χ0v) is 17.6. The molecule has 1 fully saturated rings. The van der Waals surface area contributed by atoms with Gasteiger partial charge in [-0.1, -0.05) is 27.2 Å². The van der Waals surface area contributed by atoms with Crippen molar-refractivity contribution < 1.29 is 14.3 Å². The summed E-state index contributed by atoms with van der Waals surface area (Å²) in [5, 5.41) is 3.04. The number of rotatable bonds is 10. The Kier molecular flexibility index (Phi) is 8.29. The molecule has 2 rings (SSSR count). The topological polar surface area (TPSA) is 61.9 Å². The standard InChI is InChI=1S/C21H37N3O3/c1-5-8-13-23(6-2)14-9-12-22-19(25)18-17(4)20(26)27-21(18)10-15-24(7-3)16-11-21/h5-16H2,1-4H3,(H,22,25). The van der Waals surface area contributed by atoms with Crippen LogP contribution in [0.5, 0.6) is 0 Å². The minimum atomic E-state index is -0.715. The summed E-state index contributed by atoms with van der Waals surface area (Å²) in [4.78, 5) is 29.8. The van der Waals surface area contributed by atoms with Crippen molar-refractivity contribution in [2.45, 2.75) is 65.4 Å². The van der Waals surface area contributed by atoms with Crippen LogP contribution in [0.15, 0.2) is 11.1 Å². The molecule has 0 aromatic rings. The zero-order chi connectivity index (χ0) is 19.9. The quantitative estimate of drug-likeness (QED) is 0.466. The lowest BCUT2D eigenvalue weighted by molar-refractivity contribution is -0.150. The van der Waals surface area contributed by atoms with E-state index in [1.165, 1.54) is 12.8 Å². The highest BCUT2D eigenvalue weighted by Gasteiger charge is 2.50. The van der Waals surface area contributed by atoms with Crippen LogP contribution in [0.4, 0.5) is 0 Å². The summed E-state index contributed by atoms with van der Waals surface area (Å²) in [5.41, 5.74) is 0.338. The summed E-state index contributed by atoms with van der Waals surface area (Å²) >= 11 is 0. The van der Waals surface area contributed by atoms with Gasteiger partial charge in [0.2, 0.25) is 0 Å². The fraction of sp³-hybridized carbons (Fsp3) is 0.810. The minimum absolute atomic E-state index is 0.125. The molecule has 2 aliphatic rings. The maximum absolute atomic E-state index is 12.9. The van der Waals surface area contributed by atoms with Crippen molar-refractivity contribution in [1.82, 2.24) is 15.1 Å². The van der Waals surface area contributed by atoms with Gasteiger partial charge in [-0.3, -0.25) is 4.79 Å². The number of carbonyl (C=O) groups excluding carboxylic acids is 2. The van der Waals surface area contributed by atoms with Crippen LogP contribution in [0.1, 0.15) is 59.8 Å². The monoisotopic (exact) mass is 379 g/mol. The van der Waals surface area contributed by atoms with Crippen LogP contribution < -0.4 is 5.32 Å². The highest BCUT2D eigenvalue weighted by molar-refractivity contribution is 6.07.